The third kappa shape index (κ3) is 2.40. The summed E-state index contributed by atoms with van der Waals surface area (Å²) in [5, 5.41) is 0. The Balaban J connectivity index is 2.21. The van der Waals surface area contributed by atoms with Gasteiger partial charge in [-0.05, 0) is 38.8 Å². The van der Waals surface area contributed by atoms with Gasteiger partial charge in [0.05, 0.1) is 17.5 Å². The third-order valence-corrected chi connectivity index (χ3v) is 2.82. The summed E-state index contributed by atoms with van der Waals surface area (Å²) >= 11 is 0. The molecule has 0 atom stereocenters. The molecule has 0 amide bonds. The lowest BCUT2D eigenvalue weighted by Crippen LogP contribution is -2.19. The summed E-state index contributed by atoms with van der Waals surface area (Å²) < 4.78 is 5.69. The van der Waals surface area contributed by atoms with Gasteiger partial charge in [0.25, 0.3) is 0 Å². The molecule has 1 aromatic rings. The van der Waals surface area contributed by atoms with E-state index in [4.69, 9.17) is 10.5 Å². The standard InChI is InChI=1S/C13H20N2O/c1-10(2)16-11-5-6-12(14)13(9-11)15-7-3-4-8-15/h5-6,9-10H,3-4,7-8,14H2,1-2H3. The van der Waals surface area contributed by atoms with Crippen LogP contribution in [-0.2, 0) is 0 Å². The van der Waals surface area contributed by atoms with Crippen molar-refractivity contribution in [3.05, 3.63) is 18.2 Å². The van der Waals surface area contributed by atoms with E-state index >= 15 is 0 Å². The summed E-state index contributed by atoms with van der Waals surface area (Å²) in [5.74, 6) is 0.908. The molecule has 0 aromatic heterocycles. The lowest BCUT2D eigenvalue weighted by atomic mass is 10.2. The average Bonchev–Trinajstić information content (AvgIpc) is 2.73. The van der Waals surface area contributed by atoms with Gasteiger partial charge in [-0.15, -0.1) is 0 Å². The Morgan fingerprint density at radius 3 is 2.56 bits per heavy atom. The van der Waals surface area contributed by atoms with E-state index in [1.54, 1.807) is 0 Å². The molecule has 0 spiro atoms. The minimum atomic E-state index is 0.204. The molecule has 0 unspecified atom stereocenters. The highest BCUT2D eigenvalue weighted by atomic mass is 16.5. The molecular formula is C13H20N2O. The largest absolute Gasteiger partial charge is 0.491 e. The first-order valence-corrected chi connectivity index (χ1v) is 5.98. The van der Waals surface area contributed by atoms with Gasteiger partial charge in [-0.3, -0.25) is 0 Å². The van der Waals surface area contributed by atoms with Gasteiger partial charge in [-0.25, -0.2) is 0 Å². The molecule has 1 aliphatic rings. The number of hydrogen-bond donors (Lipinski definition) is 1. The van der Waals surface area contributed by atoms with Crippen LogP contribution in [0.1, 0.15) is 26.7 Å². The second kappa shape index (κ2) is 4.64. The fraction of sp³-hybridized carbons (Fsp3) is 0.538. The normalized spacial score (nSPS) is 15.8. The van der Waals surface area contributed by atoms with Gasteiger partial charge in [-0.2, -0.15) is 0 Å². The van der Waals surface area contributed by atoms with Crippen molar-refractivity contribution in [2.24, 2.45) is 0 Å². The molecule has 1 fully saturated rings. The van der Waals surface area contributed by atoms with Crippen molar-refractivity contribution in [3.63, 3.8) is 0 Å². The van der Waals surface area contributed by atoms with E-state index < -0.39 is 0 Å². The molecular weight excluding hydrogens is 200 g/mol. The van der Waals surface area contributed by atoms with Crippen LogP contribution in [0, 0.1) is 0 Å². The van der Waals surface area contributed by atoms with Crippen molar-refractivity contribution in [2.75, 3.05) is 23.7 Å². The van der Waals surface area contributed by atoms with Crippen LogP contribution < -0.4 is 15.4 Å². The summed E-state index contributed by atoms with van der Waals surface area (Å²) in [5.41, 5.74) is 7.97. The molecule has 2 N–H and O–H groups in total. The van der Waals surface area contributed by atoms with Crippen LogP contribution in [0.2, 0.25) is 0 Å². The molecule has 3 nitrogen and oxygen atoms in total. The van der Waals surface area contributed by atoms with Crippen molar-refractivity contribution >= 4 is 11.4 Å². The summed E-state index contributed by atoms with van der Waals surface area (Å²) in [7, 11) is 0. The molecule has 2 rings (SSSR count). The third-order valence-electron chi connectivity index (χ3n) is 2.82. The highest BCUT2D eigenvalue weighted by molar-refractivity contribution is 5.70. The zero-order valence-electron chi connectivity index (χ0n) is 10.1. The number of ether oxygens (including phenoxy) is 1. The fourth-order valence-corrected chi connectivity index (χ4v) is 2.10. The van der Waals surface area contributed by atoms with Gasteiger partial charge in [0.2, 0.25) is 0 Å². The first-order valence-electron chi connectivity index (χ1n) is 5.98. The zero-order chi connectivity index (χ0) is 11.5. The van der Waals surface area contributed by atoms with E-state index in [9.17, 15) is 0 Å². The van der Waals surface area contributed by atoms with Gasteiger partial charge >= 0.3 is 0 Å². The highest BCUT2D eigenvalue weighted by Crippen LogP contribution is 2.30. The molecule has 0 saturated carbocycles. The number of nitrogens with two attached hydrogens (primary N) is 1. The Kier molecular flexibility index (Phi) is 3.22. The lowest BCUT2D eigenvalue weighted by molar-refractivity contribution is 0.242. The molecule has 3 heteroatoms. The van der Waals surface area contributed by atoms with Crippen LogP contribution in [-0.4, -0.2) is 19.2 Å². The van der Waals surface area contributed by atoms with Crippen molar-refractivity contribution in [1.29, 1.82) is 0 Å². The van der Waals surface area contributed by atoms with E-state index in [1.165, 1.54) is 12.8 Å². The maximum absolute atomic E-state index is 6.00. The maximum atomic E-state index is 6.00. The molecule has 16 heavy (non-hydrogen) atoms. The van der Waals surface area contributed by atoms with Crippen LogP contribution >= 0.6 is 0 Å². The van der Waals surface area contributed by atoms with E-state index in [2.05, 4.69) is 11.0 Å². The monoisotopic (exact) mass is 220 g/mol. The summed E-state index contributed by atoms with van der Waals surface area (Å²) in [6.07, 6.45) is 2.72. The van der Waals surface area contributed by atoms with Crippen LogP contribution in [0.5, 0.6) is 5.75 Å². The van der Waals surface area contributed by atoms with Crippen LogP contribution in [0.25, 0.3) is 0 Å². The molecule has 0 radical (unpaired) electrons. The number of hydrogen-bond acceptors (Lipinski definition) is 3. The maximum Gasteiger partial charge on any atom is 0.121 e. The Hall–Kier alpha value is -1.38. The molecule has 0 aliphatic carbocycles. The Morgan fingerprint density at radius 2 is 1.94 bits per heavy atom. The van der Waals surface area contributed by atoms with Crippen LogP contribution in [0.15, 0.2) is 18.2 Å². The molecule has 88 valence electrons. The minimum absolute atomic E-state index is 0.204. The molecule has 1 aromatic carbocycles. The van der Waals surface area contributed by atoms with Crippen LogP contribution in [0.3, 0.4) is 0 Å². The first kappa shape index (κ1) is 11.1. The Morgan fingerprint density at radius 1 is 1.25 bits per heavy atom. The van der Waals surface area contributed by atoms with Crippen molar-refractivity contribution in [2.45, 2.75) is 32.8 Å². The molecule has 0 bridgehead atoms. The average molecular weight is 220 g/mol. The first-order chi connectivity index (χ1) is 7.66. The highest BCUT2D eigenvalue weighted by Gasteiger charge is 2.15. The molecule has 1 aliphatic heterocycles. The van der Waals surface area contributed by atoms with Gasteiger partial charge in [0, 0.05) is 19.2 Å². The van der Waals surface area contributed by atoms with Gasteiger partial charge in [0.15, 0.2) is 0 Å². The van der Waals surface area contributed by atoms with Crippen LogP contribution in [0.4, 0.5) is 11.4 Å². The minimum Gasteiger partial charge on any atom is -0.491 e. The second-order valence-corrected chi connectivity index (χ2v) is 4.58. The van der Waals surface area contributed by atoms with Crippen molar-refractivity contribution in [1.82, 2.24) is 0 Å². The quantitative estimate of drug-likeness (QED) is 0.796. The van der Waals surface area contributed by atoms with E-state index in [-0.39, 0.29) is 6.10 Å². The predicted octanol–water partition coefficient (Wildman–Crippen LogP) is 2.66. The van der Waals surface area contributed by atoms with Gasteiger partial charge < -0.3 is 15.4 Å². The summed E-state index contributed by atoms with van der Waals surface area (Å²) in [6, 6.07) is 5.93. The number of benzene rings is 1. The second-order valence-electron chi connectivity index (χ2n) is 4.58. The predicted molar refractivity (Wildman–Crippen MR) is 68.1 cm³/mol. The van der Waals surface area contributed by atoms with Gasteiger partial charge in [-0.1, -0.05) is 0 Å². The fourth-order valence-electron chi connectivity index (χ4n) is 2.10. The van der Waals surface area contributed by atoms with Crippen molar-refractivity contribution < 1.29 is 4.74 Å². The molecule has 1 saturated heterocycles. The number of rotatable bonds is 3. The smallest absolute Gasteiger partial charge is 0.121 e. The Labute approximate surface area is 97.2 Å². The Bertz CT molecular complexity index is 357. The van der Waals surface area contributed by atoms with Crippen molar-refractivity contribution in [3.8, 4) is 5.75 Å². The SMILES string of the molecule is CC(C)Oc1ccc(N)c(N2CCCC2)c1. The lowest BCUT2D eigenvalue weighted by Gasteiger charge is -2.21. The van der Waals surface area contributed by atoms with Gasteiger partial charge in [0.1, 0.15) is 5.75 Å². The van der Waals surface area contributed by atoms with E-state index in [0.29, 0.717) is 0 Å². The summed E-state index contributed by atoms with van der Waals surface area (Å²) in [4.78, 5) is 2.34. The van der Waals surface area contributed by atoms with E-state index in [0.717, 1.165) is 30.2 Å². The number of nitrogen functional groups attached to an aromatic ring is 1. The number of anilines is 2. The topological polar surface area (TPSA) is 38.5 Å². The number of nitrogens with zero attached hydrogens (tertiary/aromatic N) is 1. The molecule has 1 heterocycles. The zero-order valence-corrected chi connectivity index (χ0v) is 10.1. The van der Waals surface area contributed by atoms with E-state index in [1.807, 2.05) is 26.0 Å². The summed E-state index contributed by atoms with van der Waals surface area (Å²) in [6.45, 7) is 6.28.